The van der Waals surface area contributed by atoms with E-state index in [9.17, 15) is 9.59 Å². The number of rotatable bonds is 5. The van der Waals surface area contributed by atoms with Crippen LogP contribution in [0.25, 0.3) is 0 Å². The molecule has 0 aromatic heterocycles. The summed E-state index contributed by atoms with van der Waals surface area (Å²) in [6.45, 7) is 3.17. The van der Waals surface area contributed by atoms with Crippen LogP contribution in [0.4, 0.5) is 4.79 Å². The van der Waals surface area contributed by atoms with Gasteiger partial charge in [-0.1, -0.05) is 13.3 Å². The van der Waals surface area contributed by atoms with Gasteiger partial charge in [0.25, 0.3) is 5.91 Å². The van der Waals surface area contributed by atoms with Gasteiger partial charge in [0.05, 0.1) is 19.8 Å². The van der Waals surface area contributed by atoms with Gasteiger partial charge in [-0.25, -0.2) is 15.3 Å². The van der Waals surface area contributed by atoms with Gasteiger partial charge in [-0.15, -0.1) is 0 Å². The number of likely N-dealkylation sites (tertiary alicyclic amines) is 1. The van der Waals surface area contributed by atoms with Crippen molar-refractivity contribution < 1.29 is 19.3 Å². The minimum Gasteiger partial charge on any atom is -0.311 e. The van der Waals surface area contributed by atoms with Crippen molar-refractivity contribution in [2.24, 2.45) is 0 Å². The number of unbranched alkanes of at least 4 members (excludes halogenated alkanes) is 1. The molecule has 2 bridgehead atoms. The molecule has 2 rings (SSSR count). The number of carbonyl (C=O) groups is 2. The third-order valence-electron chi connectivity index (χ3n) is 3.59. The molecular formula is C12H21N3O4. The summed E-state index contributed by atoms with van der Waals surface area (Å²) in [6, 6.07) is -0.689. The maximum Gasteiger partial charge on any atom is 0.341 e. The average Bonchev–Trinajstić information content (AvgIpc) is 2.64. The van der Waals surface area contributed by atoms with E-state index in [-0.39, 0.29) is 18.0 Å². The van der Waals surface area contributed by atoms with Gasteiger partial charge in [0, 0.05) is 13.0 Å². The molecule has 2 atom stereocenters. The van der Waals surface area contributed by atoms with Crippen molar-refractivity contribution >= 4 is 11.9 Å². The standard InChI is InChI=1S/C12H21N3O4/c1-3-4-7-19-15-9-5-6-14(12(17)13-18-2)10(8-9)11(15)16/h9-10H,3-8H2,1-2H3,(H,13,17)/t9-,10?/m0/s1. The van der Waals surface area contributed by atoms with E-state index >= 15 is 0 Å². The Hall–Kier alpha value is -1.34. The van der Waals surface area contributed by atoms with E-state index in [1.807, 2.05) is 0 Å². The lowest BCUT2D eigenvalue weighted by Crippen LogP contribution is -2.50. The number of hydrogen-bond donors (Lipinski definition) is 1. The lowest BCUT2D eigenvalue weighted by Gasteiger charge is -2.30. The second kappa shape index (κ2) is 6.21. The van der Waals surface area contributed by atoms with Crippen LogP contribution in [-0.2, 0) is 14.5 Å². The lowest BCUT2D eigenvalue weighted by atomic mass is 10.0. The van der Waals surface area contributed by atoms with Crippen molar-refractivity contribution in [1.29, 1.82) is 0 Å². The van der Waals surface area contributed by atoms with Crippen LogP contribution in [0.5, 0.6) is 0 Å². The number of fused-ring (bicyclic) bond motifs is 2. The first-order valence-electron chi connectivity index (χ1n) is 6.74. The molecule has 7 nitrogen and oxygen atoms in total. The minimum atomic E-state index is -0.421. The van der Waals surface area contributed by atoms with Gasteiger partial charge in [0.15, 0.2) is 0 Å². The summed E-state index contributed by atoms with van der Waals surface area (Å²) in [5.74, 6) is -0.121. The maximum atomic E-state index is 12.2. The number of amides is 3. The highest BCUT2D eigenvalue weighted by atomic mass is 16.7. The van der Waals surface area contributed by atoms with Gasteiger partial charge < -0.3 is 4.90 Å². The first-order valence-corrected chi connectivity index (χ1v) is 6.74. The number of nitrogens with zero attached hydrogens (tertiary/aromatic N) is 2. The number of urea groups is 1. The molecule has 0 aromatic rings. The summed E-state index contributed by atoms with van der Waals surface area (Å²) in [5, 5.41) is 1.47. The normalized spacial score (nSPS) is 25.9. The predicted octanol–water partition coefficient (Wildman–Crippen LogP) is 0.664. The van der Waals surface area contributed by atoms with Gasteiger partial charge in [0.2, 0.25) is 0 Å². The zero-order valence-electron chi connectivity index (χ0n) is 11.4. The molecule has 7 heteroatoms. The average molecular weight is 271 g/mol. The molecule has 0 spiro atoms. The molecule has 2 aliphatic rings. The molecule has 3 amide bonds. The molecule has 1 unspecified atom stereocenters. The van der Waals surface area contributed by atoms with E-state index in [1.54, 1.807) is 0 Å². The van der Waals surface area contributed by atoms with Crippen LogP contribution in [0.3, 0.4) is 0 Å². The molecule has 0 saturated carbocycles. The van der Waals surface area contributed by atoms with Crippen LogP contribution in [0, 0.1) is 0 Å². The first-order chi connectivity index (χ1) is 9.19. The highest BCUT2D eigenvalue weighted by Crippen LogP contribution is 2.31. The predicted molar refractivity (Wildman–Crippen MR) is 66.8 cm³/mol. The van der Waals surface area contributed by atoms with E-state index in [2.05, 4.69) is 17.2 Å². The number of hydrogen-bond acceptors (Lipinski definition) is 4. The molecule has 0 aliphatic carbocycles. The van der Waals surface area contributed by atoms with E-state index in [0.29, 0.717) is 19.6 Å². The number of piperidine rings is 1. The highest BCUT2D eigenvalue weighted by molar-refractivity contribution is 5.88. The molecule has 108 valence electrons. The molecular weight excluding hydrogens is 250 g/mol. The summed E-state index contributed by atoms with van der Waals surface area (Å²) >= 11 is 0. The largest absolute Gasteiger partial charge is 0.341 e. The van der Waals surface area contributed by atoms with Gasteiger partial charge in [-0.2, -0.15) is 0 Å². The number of carbonyl (C=O) groups excluding carboxylic acids is 2. The highest BCUT2D eigenvalue weighted by Gasteiger charge is 2.48. The Kier molecular flexibility index (Phi) is 4.60. The van der Waals surface area contributed by atoms with Crippen LogP contribution in [0.15, 0.2) is 0 Å². The van der Waals surface area contributed by atoms with Crippen LogP contribution >= 0.6 is 0 Å². The Morgan fingerprint density at radius 2 is 2.32 bits per heavy atom. The van der Waals surface area contributed by atoms with E-state index in [4.69, 9.17) is 4.84 Å². The fourth-order valence-corrected chi connectivity index (χ4v) is 2.59. The smallest absolute Gasteiger partial charge is 0.311 e. The third-order valence-corrected chi connectivity index (χ3v) is 3.59. The second-order valence-corrected chi connectivity index (χ2v) is 4.85. The Bertz CT molecular complexity index is 350. The topological polar surface area (TPSA) is 71.1 Å². The minimum absolute atomic E-state index is 0.0981. The Morgan fingerprint density at radius 1 is 1.53 bits per heavy atom. The fourth-order valence-electron chi connectivity index (χ4n) is 2.59. The van der Waals surface area contributed by atoms with E-state index < -0.39 is 6.04 Å². The molecule has 2 heterocycles. The number of hydroxylamine groups is 3. The summed E-state index contributed by atoms with van der Waals surface area (Å²) in [7, 11) is 1.38. The van der Waals surface area contributed by atoms with Crippen molar-refractivity contribution in [2.45, 2.75) is 44.7 Å². The summed E-state index contributed by atoms with van der Waals surface area (Å²) < 4.78 is 0. The van der Waals surface area contributed by atoms with E-state index in [0.717, 1.165) is 19.3 Å². The Labute approximate surface area is 112 Å². The van der Waals surface area contributed by atoms with Crippen molar-refractivity contribution in [2.75, 3.05) is 20.3 Å². The van der Waals surface area contributed by atoms with Gasteiger partial charge >= 0.3 is 6.03 Å². The molecule has 2 saturated heterocycles. The van der Waals surface area contributed by atoms with Crippen LogP contribution in [-0.4, -0.2) is 54.2 Å². The third kappa shape index (κ3) is 2.82. The first kappa shape index (κ1) is 14.1. The monoisotopic (exact) mass is 271 g/mol. The van der Waals surface area contributed by atoms with Crippen LogP contribution in [0.2, 0.25) is 0 Å². The summed E-state index contributed by atoms with van der Waals surface area (Å²) in [4.78, 5) is 35.7. The Balaban J connectivity index is 1.96. The van der Waals surface area contributed by atoms with Gasteiger partial charge in [-0.3, -0.25) is 14.5 Å². The number of nitrogens with one attached hydrogen (secondary N) is 1. The van der Waals surface area contributed by atoms with Gasteiger partial charge in [0.1, 0.15) is 6.04 Å². The quantitative estimate of drug-likeness (QED) is 0.589. The van der Waals surface area contributed by atoms with Crippen LogP contribution < -0.4 is 5.48 Å². The molecule has 19 heavy (non-hydrogen) atoms. The van der Waals surface area contributed by atoms with Crippen molar-refractivity contribution in [3.05, 3.63) is 0 Å². The summed E-state index contributed by atoms with van der Waals surface area (Å²) in [6.07, 6.45) is 3.33. The zero-order valence-corrected chi connectivity index (χ0v) is 11.4. The molecule has 1 N–H and O–H groups in total. The molecule has 2 fully saturated rings. The van der Waals surface area contributed by atoms with Gasteiger partial charge in [-0.05, 0) is 12.8 Å². The van der Waals surface area contributed by atoms with Crippen molar-refractivity contribution in [3.8, 4) is 0 Å². The van der Waals surface area contributed by atoms with E-state index in [1.165, 1.54) is 17.1 Å². The fraction of sp³-hybridized carbons (Fsp3) is 0.833. The lowest BCUT2D eigenvalue weighted by molar-refractivity contribution is -0.189. The molecule has 0 aromatic carbocycles. The Morgan fingerprint density at radius 3 is 3.00 bits per heavy atom. The van der Waals surface area contributed by atoms with Crippen molar-refractivity contribution in [1.82, 2.24) is 15.4 Å². The molecule has 0 radical (unpaired) electrons. The zero-order chi connectivity index (χ0) is 13.8. The van der Waals surface area contributed by atoms with Crippen LogP contribution in [0.1, 0.15) is 32.6 Å². The van der Waals surface area contributed by atoms with Crippen molar-refractivity contribution in [3.63, 3.8) is 0 Å². The second-order valence-electron chi connectivity index (χ2n) is 4.85. The maximum absolute atomic E-state index is 12.2. The SMILES string of the molecule is CCCCON1C(=O)C2C[C@@H]1CCN2C(=O)NOC. The molecule has 2 aliphatic heterocycles. The summed E-state index contributed by atoms with van der Waals surface area (Å²) in [5.41, 5.74) is 2.26.